The van der Waals surface area contributed by atoms with Crippen molar-refractivity contribution >= 4 is 17.7 Å². The van der Waals surface area contributed by atoms with Crippen molar-refractivity contribution in [3.05, 3.63) is 33.4 Å². The van der Waals surface area contributed by atoms with Gasteiger partial charge in [0.25, 0.3) is 0 Å². The van der Waals surface area contributed by atoms with Gasteiger partial charge in [-0.2, -0.15) is 0 Å². The molecular formula is C30H45Br3N6O3. The zero-order valence-electron chi connectivity index (χ0n) is 24.4. The van der Waals surface area contributed by atoms with Crippen molar-refractivity contribution in [1.29, 1.82) is 0 Å². The number of primary amides is 3. The molecule has 6 aliphatic heterocycles. The first kappa shape index (κ1) is 33.8. The average molecular weight is 777 g/mol. The number of carbonyl (C=O) groups excluding carboxylic acids is 3. The highest BCUT2D eigenvalue weighted by molar-refractivity contribution is 5.77. The first-order chi connectivity index (χ1) is 18.6. The molecule has 0 radical (unpaired) electrons. The van der Waals surface area contributed by atoms with E-state index < -0.39 is 0 Å². The molecule has 1 aromatic rings. The molecule has 0 unspecified atom stereocenters. The van der Waals surface area contributed by atoms with Crippen LogP contribution in [-0.2, 0) is 53.7 Å². The van der Waals surface area contributed by atoms with E-state index in [1.165, 1.54) is 0 Å². The number of carbonyl (C=O) groups is 3. The van der Waals surface area contributed by atoms with Crippen LogP contribution in [0.1, 0.15) is 71.9 Å². The fourth-order valence-electron chi connectivity index (χ4n) is 9.57. The Balaban J connectivity index is 0.00000135. The number of benzene rings is 1. The Bertz CT molecular complexity index is 1040. The number of fused-ring (bicyclic) bond motifs is 6. The van der Waals surface area contributed by atoms with Gasteiger partial charge >= 0.3 is 0 Å². The lowest BCUT2D eigenvalue weighted by molar-refractivity contribution is -0.954. The number of rotatable bonds is 3. The second kappa shape index (κ2) is 12.0. The molecule has 0 bridgehead atoms. The Labute approximate surface area is 280 Å². The van der Waals surface area contributed by atoms with E-state index in [-0.39, 0.29) is 86.4 Å². The maximum atomic E-state index is 11.9. The molecule has 42 heavy (non-hydrogen) atoms. The lowest BCUT2D eigenvalue weighted by atomic mass is 9.90. The molecule has 12 heteroatoms. The van der Waals surface area contributed by atoms with E-state index in [0.29, 0.717) is 0 Å². The lowest BCUT2D eigenvalue weighted by Crippen LogP contribution is -3.00. The van der Waals surface area contributed by atoms with Crippen LogP contribution in [-0.4, -0.2) is 70.4 Å². The van der Waals surface area contributed by atoms with Gasteiger partial charge in [-0.15, -0.1) is 0 Å². The summed E-state index contributed by atoms with van der Waals surface area (Å²) in [4.78, 5) is 35.7. The van der Waals surface area contributed by atoms with Gasteiger partial charge in [0, 0.05) is 89.7 Å². The van der Waals surface area contributed by atoms with E-state index in [4.69, 9.17) is 17.2 Å². The van der Waals surface area contributed by atoms with Gasteiger partial charge in [-0.25, -0.2) is 0 Å². The van der Waals surface area contributed by atoms with Gasteiger partial charge in [-0.05, 0) is 0 Å². The van der Waals surface area contributed by atoms with Crippen LogP contribution in [0.4, 0.5) is 0 Å². The first-order valence-corrected chi connectivity index (χ1v) is 15.2. The summed E-state index contributed by atoms with van der Waals surface area (Å²) in [6, 6.07) is 0. The quantitative estimate of drug-likeness (QED) is 0.264. The number of nitrogens with two attached hydrogens (primary N) is 3. The van der Waals surface area contributed by atoms with Gasteiger partial charge in [0.2, 0.25) is 17.7 Å². The third-order valence-corrected chi connectivity index (χ3v) is 12.1. The highest BCUT2D eigenvalue weighted by Gasteiger charge is 2.53. The number of quaternary nitrogens is 3. The fraction of sp³-hybridized carbons (Fsp3) is 0.700. The van der Waals surface area contributed by atoms with E-state index in [2.05, 4.69) is 0 Å². The number of hydrogen-bond donors (Lipinski definition) is 3. The number of amides is 3. The average Bonchev–Trinajstić information content (AvgIpc) is 3.57. The van der Waals surface area contributed by atoms with Crippen LogP contribution in [0.3, 0.4) is 0 Å². The third-order valence-electron chi connectivity index (χ3n) is 12.1. The van der Waals surface area contributed by atoms with Crippen LogP contribution in [0.25, 0.3) is 0 Å². The molecule has 7 rings (SSSR count). The Morgan fingerprint density at radius 3 is 0.714 bits per heavy atom. The van der Waals surface area contributed by atoms with Crippen molar-refractivity contribution in [3.8, 4) is 0 Å². The summed E-state index contributed by atoms with van der Waals surface area (Å²) in [5, 5.41) is 0. The molecule has 3 amide bonds. The molecule has 0 aromatic heterocycles. The Hall–Kier alpha value is -1.05. The molecule has 6 aliphatic rings. The Morgan fingerprint density at radius 2 is 0.571 bits per heavy atom. The molecule has 3 saturated heterocycles. The van der Waals surface area contributed by atoms with E-state index in [1.807, 2.05) is 0 Å². The molecule has 0 saturated carbocycles. The second-order valence-corrected chi connectivity index (χ2v) is 14.2. The monoisotopic (exact) mass is 774 g/mol. The smallest absolute Gasteiger partial charge is 0.220 e. The minimum atomic E-state index is -0.136. The number of hydrogen-bond acceptors (Lipinski definition) is 3. The highest BCUT2D eigenvalue weighted by atomic mass is 79.9. The standard InChI is InChI=1S/C30H42N6O3.3BrH/c31-28(37)19-1-7-34(8-2-19)13-22-23(14-34)25-16-36(11-5-21(6-12-36)30(33)39)18-27(25)26-17-35(15-24(22)26)9-3-20(4-10-35)29(32)38;;;/h19-21H,1-18H2,(H3-3,31,32,33,37,38,39);3*1H. The van der Waals surface area contributed by atoms with Gasteiger partial charge in [-0.3, -0.25) is 14.4 Å². The van der Waals surface area contributed by atoms with Crippen molar-refractivity contribution in [2.24, 2.45) is 35.0 Å². The van der Waals surface area contributed by atoms with Crippen LogP contribution in [0.15, 0.2) is 0 Å². The SMILES string of the molecule is NC(=O)C1CC[N+]2(CC1)Cc1c3c(c4c(c1C2)C[N+]1(CCC(C(N)=O)CC1)C4)C[N+]1(CCC(C(N)=O)CC1)C3.[Br-].[Br-].[Br-]. The normalized spacial score (nSPS) is 35.9. The van der Waals surface area contributed by atoms with Gasteiger partial charge in [0.05, 0.1) is 39.3 Å². The number of nitrogens with zero attached hydrogens (tertiary/aromatic N) is 3. The molecule has 6 heterocycles. The summed E-state index contributed by atoms with van der Waals surface area (Å²) < 4.78 is 3.24. The van der Waals surface area contributed by atoms with Gasteiger partial charge < -0.3 is 81.6 Å². The largest absolute Gasteiger partial charge is 1.00 e. The van der Waals surface area contributed by atoms with Crippen LogP contribution in [0, 0.1) is 17.8 Å². The van der Waals surface area contributed by atoms with Crippen LogP contribution in [0.5, 0.6) is 0 Å². The predicted octanol–water partition coefficient (Wildman–Crippen LogP) is -8.12. The van der Waals surface area contributed by atoms with Crippen molar-refractivity contribution in [1.82, 2.24) is 0 Å². The summed E-state index contributed by atoms with van der Waals surface area (Å²) in [6.45, 7) is 12.7. The molecule has 9 nitrogen and oxygen atoms in total. The van der Waals surface area contributed by atoms with E-state index >= 15 is 0 Å². The molecule has 0 aliphatic carbocycles. The molecule has 3 fully saturated rings. The van der Waals surface area contributed by atoms with E-state index in [1.54, 1.807) is 33.4 Å². The Kier molecular flexibility index (Phi) is 9.70. The lowest BCUT2D eigenvalue weighted by Gasteiger charge is -2.40. The van der Waals surface area contributed by atoms with Gasteiger partial charge in [-0.1, -0.05) is 0 Å². The van der Waals surface area contributed by atoms with Crippen molar-refractivity contribution < 1.29 is 78.8 Å². The van der Waals surface area contributed by atoms with Crippen molar-refractivity contribution in [3.63, 3.8) is 0 Å². The number of halogens is 3. The number of piperidine rings is 3. The zero-order chi connectivity index (χ0) is 27.2. The molecule has 6 N–H and O–H groups in total. The summed E-state index contributed by atoms with van der Waals surface area (Å²) in [7, 11) is 0. The van der Waals surface area contributed by atoms with Crippen LogP contribution < -0.4 is 68.1 Å². The first-order valence-electron chi connectivity index (χ1n) is 15.2. The van der Waals surface area contributed by atoms with E-state index in [9.17, 15) is 14.4 Å². The summed E-state index contributed by atoms with van der Waals surface area (Å²) in [5.74, 6) is -0.340. The summed E-state index contributed by atoms with van der Waals surface area (Å²) in [6.07, 6.45) is 5.40. The maximum absolute atomic E-state index is 11.9. The minimum absolute atomic E-state index is 0. The molecule has 3 spiro atoms. The highest BCUT2D eigenvalue weighted by Crippen LogP contribution is 2.50. The van der Waals surface area contributed by atoms with Gasteiger partial charge in [0.1, 0.15) is 39.3 Å². The molecule has 234 valence electrons. The predicted molar refractivity (Wildman–Crippen MR) is 144 cm³/mol. The van der Waals surface area contributed by atoms with Crippen LogP contribution in [0.2, 0.25) is 0 Å². The summed E-state index contributed by atoms with van der Waals surface area (Å²) >= 11 is 0. The van der Waals surface area contributed by atoms with Crippen LogP contribution >= 0.6 is 0 Å². The Morgan fingerprint density at radius 1 is 0.405 bits per heavy atom. The topological polar surface area (TPSA) is 129 Å². The fourth-order valence-corrected chi connectivity index (χ4v) is 9.57. The second-order valence-electron chi connectivity index (χ2n) is 14.2. The minimum Gasteiger partial charge on any atom is -1.00 e. The van der Waals surface area contributed by atoms with Crippen molar-refractivity contribution in [2.75, 3.05) is 39.3 Å². The van der Waals surface area contributed by atoms with Crippen molar-refractivity contribution in [2.45, 2.75) is 77.8 Å². The summed E-state index contributed by atoms with van der Waals surface area (Å²) in [5.41, 5.74) is 26.7. The maximum Gasteiger partial charge on any atom is 0.220 e. The molecular weight excluding hydrogens is 732 g/mol. The van der Waals surface area contributed by atoms with Gasteiger partial charge in [0.15, 0.2) is 0 Å². The van der Waals surface area contributed by atoms with E-state index in [0.717, 1.165) is 131 Å². The third kappa shape index (κ3) is 5.50. The molecule has 1 aromatic carbocycles. The zero-order valence-corrected chi connectivity index (χ0v) is 29.2. The molecule has 0 atom stereocenters.